The average Bonchev–Trinajstić information content (AvgIpc) is 2.37. The minimum absolute atomic E-state index is 0.873. The van der Waals surface area contributed by atoms with Crippen molar-refractivity contribution in [3.8, 4) is 0 Å². The normalized spacial score (nSPS) is 10.7. The summed E-state index contributed by atoms with van der Waals surface area (Å²) in [4.78, 5) is 8.98. The molecule has 0 aliphatic rings. The van der Waals surface area contributed by atoms with Crippen molar-refractivity contribution in [2.24, 2.45) is 0 Å². The van der Waals surface area contributed by atoms with Crippen LogP contribution in [0.2, 0.25) is 0 Å². The summed E-state index contributed by atoms with van der Waals surface area (Å²) in [7, 11) is 0. The molecule has 19 heavy (non-hydrogen) atoms. The molecule has 0 radical (unpaired) electrons. The highest BCUT2D eigenvalue weighted by atomic mass is 79.9. The number of aryl methyl sites for hydroxylation is 2. The standard InChI is InChI=1S/C15H17BrN2S/c1-3-6-14-17-13(16)9-15(18-14)19-10-12-8-5-4-7-11(12)2/h4-5,7-9H,3,6,10H2,1-2H3. The molecule has 0 unspecified atom stereocenters. The van der Waals surface area contributed by atoms with E-state index in [9.17, 15) is 0 Å². The van der Waals surface area contributed by atoms with Gasteiger partial charge in [-0.05, 0) is 40.4 Å². The molecule has 4 heteroatoms. The van der Waals surface area contributed by atoms with Crippen LogP contribution in [0.4, 0.5) is 0 Å². The zero-order chi connectivity index (χ0) is 13.7. The Morgan fingerprint density at radius 3 is 2.74 bits per heavy atom. The quantitative estimate of drug-likeness (QED) is 0.579. The van der Waals surface area contributed by atoms with Crippen molar-refractivity contribution in [1.82, 2.24) is 9.97 Å². The Bertz CT molecular complexity index is 558. The minimum atomic E-state index is 0.873. The lowest BCUT2D eigenvalue weighted by molar-refractivity contribution is 0.803. The van der Waals surface area contributed by atoms with Gasteiger partial charge in [-0.15, -0.1) is 11.8 Å². The first-order chi connectivity index (χ1) is 9.19. The topological polar surface area (TPSA) is 25.8 Å². The molecule has 100 valence electrons. The van der Waals surface area contributed by atoms with Gasteiger partial charge in [0.15, 0.2) is 0 Å². The van der Waals surface area contributed by atoms with E-state index in [0.717, 1.165) is 34.0 Å². The number of benzene rings is 1. The van der Waals surface area contributed by atoms with Crippen LogP contribution in [0.15, 0.2) is 40.0 Å². The summed E-state index contributed by atoms with van der Waals surface area (Å²) in [5.41, 5.74) is 2.69. The Hall–Kier alpha value is -0.870. The molecule has 0 amide bonds. The maximum absolute atomic E-state index is 4.59. The maximum atomic E-state index is 4.59. The first-order valence-electron chi connectivity index (χ1n) is 6.40. The largest absolute Gasteiger partial charge is 0.227 e. The predicted octanol–water partition coefficient (Wildman–Crippen LogP) is 4.79. The van der Waals surface area contributed by atoms with E-state index in [2.05, 4.69) is 64.0 Å². The highest BCUT2D eigenvalue weighted by Gasteiger charge is 2.05. The monoisotopic (exact) mass is 336 g/mol. The fourth-order valence-electron chi connectivity index (χ4n) is 1.78. The van der Waals surface area contributed by atoms with Gasteiger partial charge in [-0.25, -0.2) is 9.97 Å². The van der Waals surface area contributed by atoms with E-state index in [-0.39, 0.29) is 0 Å². The van der Waals surface area contributed by atoms with Gasteiger partial charge in [-0.3, -0.25) is 0 Å². The number of thioether (sulfide) groups is 1. The van der Waals surface area contributed by atoms with Gasteiger partial charge < -0.3 is 0 Å². The Labute approximate surface area is 127 Å². The third kappa shape index (κ3) is 4.32. The molecule has 2 rings (SSSR count). The zero-order valence-electron chi connectivity index (χ0n) is 11.2. The summed E-state index contributed by atoms with van der Waals surface area (Å²) in [6.45, 7) is 4.29. The molecule has 0 N–H and O–H groups in total. The van der Waals surface area contributed by atoms with E-state index < -0.39 is 0 Å². The molecule has 0 saturated carbocycles. The summed E-state index contributed by atoms with van der Waals surface area (Å²) in [5, 5.41) is 1.04. The van der Waals surface area contributed by atoms with Crippen LogP contribution in [0.3, 0.4) is 0 Å². The van der Waals surface area contributed by atoms with Gasteiger partial charge in [0.1, 0.15) is 15.5 Å². The second-order valence-electron chi connectivity index (χ2n) is 4.41. The Morgan fingerprint density at radius 1 is 1.21 bits per heavy atom. The van der Waals surface area contributed by atoms with Gasteiger partial charge in [0.05, 0.1) is 0 Å². The molecule has 0 saturated heterocycles. The second-order valence-corrected chi connectivity index (χ2v) is 6.22. The van der Waals surface area contributed by atoms with Gasteiger partial charge in [-0.2, -0.15) is 0 Å². The third-order valence-electron chi connectivity index (χ3n) is 2.83. The zero-order valence-corrected chi connectivity index (χ0v) is 13.6. The molecule has 0 fully saturated rings. The van der Waals surface area contributed by atoms with E-state index in [1.54, 1.807) is 11.8 Å². The number of hydrogen-bond donors (Lipinski definition) is 0. The molecule has 1 aromatic carbocycles. The molecule has 2 nitrogen and oxygen atoms in total. The number of halogens is 1. The van der Waals surface area contributed by atoms with Crippen molar-refractivity contribution >= 4 is 27.7 Å². The third-order valence-corrected chi connectivity index (χ3v) is 4.19. The van der Waals surface area contributed by atoms with Crippen LogP contribution in [0.1, 0.15) is 30.3 Å². The first kappa shape index (κ1) is 14.5. The highest BCUT2D eigenvalue weighted by Crippen LogP contribution is 2.24. The van der Waals surface area contributed by atoms with Gasteiger partial charge in [-0.1, -0.05) is 31.2 Å². The van der Waals surface area contributed by atoms with E-state index >= 15 is 0 Å². The van der Waals surface area contributed by atoms with Crippen molar-refractivity contribution in [2.45, 2.75) is 37.5 Å². The van der Waals surface area contributed by atoms with Gasteiger partial charge in [0, 0.05) is 18.2 Å². The number of hydrogen-bond acceptors (Lipinski definition) is 3. The van der Waals surface area contributed by atoms with Crippen LogP contribution < -0.4 is 0 Å². The maximum Gasteiger partial charge on any atom is 0.130 e. The number of rotatable bonds is 5. The van der Waals surface area contributed by atoms with Crippen LogP contribution in [-0.4, -0.2) is 9.97 Å². The van der Waals surface area contributed by atoms with E-state index in [1.165, 1.54) is 11.1 Å². The van der Waals surface area contributed by atoms with Gasteiger partial charge >= 0.3 is 0 Å². The van der Waals surface area contributed by atoms with Crippen molar-refractivity contribution in [2.75, 3.05) is 0 Å². The lowest BCUT2D eigenvalue weighted by Crippen LogP contribution is -1.96. The Balaban J connectivity index is 2.09. The molecule has 1 aromatic heterocycles. The number of aromatic nitrogens is 2. The van der Waals surface area contributed by atoms with Gasteiger partial charge in [0.2, 0.25) is 0 Å². The molecule has 0 bridgehead atoms. The fraction of sp³-hybridized carbons (Fsp3) is 0.333. The van der Waals surface area contributed by atoms with E-state index in [1.807, 2.05) is 6.07 Å². The van der Waals surface area contributed by atoms with Crippen LogP contribution >= 0.6 is 27.7 Å². The first-order valence-corrected chi connectivity index (χ1v) is 8.17. The summed E-state index contributed by atoms with van der Waals surface area (Å²) in [6, 6.07) is 10.5. The molecule has 2 aromatic rings. The van der Waals surface area contributed by atoms with Crippen molar-refractivity contribution in [1.29, 1.82) is 0 Å². The molecule has 0 aliphatic heterocycles. The van der Waals surface area contributed by atoms with Crippen molar-refractivity contribution in [3.63, 3.8) is 0 Å². The van der Waals surface area contributed by atoms with Crippen LogP contribution in [-0.2, 0) is 12.2 Å². The molecule has 1 heterocycles. The van der Waals surface area contributed by atoms with Crippen LogP contribution in [0.5, 0.6) is 0 Å². The average molecular weight is 337 g/mol. The smallest absolute Gasteiger partial charge is 0.130 e. The van der Waals surface area contributed by atoms with Crippen LogP contribution in [0, 0.1) is 6.92 Å². The molecular weight excluding hydrogens is 320 g/mol. The Kier molecular flexibility index (Phi) is 5.40. The summed E-state index contributed by atoms with van der Waals surface area (Å²) in [6.07, 6.45) is 2.00. The van der Waals surface area contributed by atoms with Crippen molar-refractivity contribution in [3.05, 3.63) is 51.9 Å². The SMILES string of the molecule is CCCc1nc(Br)cc(SCc2ccccc2C)n1. The predicted molar refractivity (Wildman–Crippen MR) is 84.5 cm³/mol. The molecular formula is C15H17BrN2S. The lowest BCUT2D eigenvalue weighted by Gasteiger charge is -2.06. The summed E-state index contributed by atoms with van der Waals surface area (Å²) < 4.78 is 0.873. The van der Waals surface area contributed by atoms with Crippen molar-refractivity contribution < 1.29 is 0 Å². The molecule has 0 spiro atoms. The van der Waals surface area contributed by atoms with E-state index in [0.29, 0.717) is 0 Å². The molecule has 0 aliphatic carbocycles. The van der Waals surface area contributed by atoms with E-state index in [4.69, 9.17) is 0 Å². The van der Waals surface area contributed by atoms with Gasteiger partial charge in [0.25, 0.3) is 0 Å². The minimum Gasteiger partial charge on any atom is -0.227 e. The Morgan fingerprint density at radius 2 is 2.00 bits per heavy atom. The molecule has 0 atom stereocenters. The fourth-order valence-corrected chi connectivity index (χ4v) is 3.34. The summed E-state index contributed by atoms with van der Waals surface area (Å²) in [5.74, 6) is 1.87. The highest BCUT2D eigenvalue weighted by molar-refractivity contribution is 9.10. The van der Waals surface area contributed by atoms with Crippen LogP contribution in [0.25, 0.3) is 0 Å². The lowest BCUT2D eigenvalue weighted by atomic mass is 10.1. The number of nitrogens with zero attached hydrogens (tertiary/aromatic N) is 2. The second kappa shape index (κ2) is 7.06. The summed E-state index contributed by atoms with van der Waals surface area (Å²) >= 11 is 5.22.